The van der Waals surface area contributed by atoms with Crippen molar-refractivity contribution in [2.45, 2.75) is 67.0 Å². The molecule has 2 N–H and O–H groups in total. The van der Waals surface area contributed by atoms with Crippen molar-refractivity contribution in [2.24, 2.45) is 11.8 Å². The third-order valence-corrected chi connectivity index (χ3v) is 13.5. The molecular weight excluding hydrogens is 737 g/mol. The third-order valence-electron chi connectivity index (χ3n) is 11.7. The molecule has 1 saturated carbocycles. The molecule has 1 fully saturated rings. The van der Waals surface area contributed by atoms with Crippen LogP contribution in [0.4, 0.5) is 5.69 Å². The van der Waals surface area contributed by atoms with Gasteiger partial charge in [0.05, 0.1) is 29.7 Å². The number of sulfonamides is 1. The van der Waals surface area contributed by atoms with Gasteiger partial charge in [0.25, 0.3) is 15.9 Å². The molecule has 5 atom stereocenters. The van der Waals surface area contributed by atoms with Crippen molar-refractivity contribution in [1.82, 2.24) is 9.62 Å². The highest BCUT2D eigenvalue weighted by molar-refractivity contribution is 7.90. The number of nitrogens with zero attached hydrogens (tertiary/aromatic N) is 2. The summed E-state index contributed by atoms with van der Waals surface area (Å²) in [6.45, 7) is 2.00. The van der Waals surface area contributed by atoms with Crippen molar-refractivity contribution >= 4 is 50.7 Å². The molecule has 282 valence electrons. The summed E-state index contributed by atoms with van der Waals surface area (Å²) >= 11 is 12.4. The quantitative estimate of drug-likeness (QED) is 0.309. The highest BCUT2D eigenvalue weighted by atomic mass is 35.5. The van der Waals surface area contributed by atoms with E-state index in [1.807, 2.05) is 22.9 Å². The van der Waals surface area contributed by atoms with Crippen LogP contribution in [-0.2, 0) is 41.8 Å². The number of benzene rings is 3. The summed E-state index contributed by atoms with van der Waals surface area (Å²) in [4.78, 5) is 31.4. The molecule has 2 amide bonds. The number of aliphatic hydroxyl groups is 1. The van der Waals surface area contributed by atoms with Gasteiger partial charge in [0.2, 0.25) is 5.91 Å². The number of nitrogens with one attached hydrogen (secondary N) is 1. The predicted octanol–water partition coefficient (Wildman–Crippen LogP) is 6.01. The third kappa shape index (κ3) is 7.43. The summed E-state index contributed by atoms with van der Waals surface area (Å²) in [5.41, 5.74) is 0.223. The first-order valence-corrected chi connectivity index (χ1v) is 20.4. The number of carbonyl (C=O) groups is 2. The number of anilines is 1. The largest absolute Gasteiger partial charge is 0.490 e. The molecule has 2 aliphatic carbocycles. The Hall–Kier alpha value is -3.61. The number of methoxy groups -OCH3 is 1. The van der Waals surface area contributed by atoms with Crippen molar-refractivity contribution < 1.29 is 32.6 Å². The molecule has 0 radical (unpaired) electrons. The van der Waals surface area contributed by atoms with Crippen LogP contribution in [-0.4, -0.2) is 76.7 Å². The van der Waals surface area contributed by atoms with Crippen LogP contribution in [0.5, 0.6) is 5.75 Å². The van der Waals surface area contributed by atoms with Crippen LogP contribution in [0.15, 0.2) is 77.7 Å². The summed E-state index contributed by atoms with van der Waals surface area (Å²) in [5.74, 6) is -0.643. The number of aryl methyl sites for hydroxylation is 1. The van der Waals surface area contributed by atoms with Crippen LogP contribution in [0.25, 0.3) is 0 Å². The van der Waals surface area contributed by atoms with E-state index in [1.54, 1.807) is 32.4 Å². The topological polar surface area (TPSA) is 125 Å². The van der Waals surface area contributed by atoms with Crippen LogP contribution < -0.4 is 14.4 Å². The highest BCUT2D eigenvalue weighted by Crippen LogP contribution is 2.48. The second kappa shape index (κ2) is 14.9. The number of fused-ring (bicyclic) bond motifs is 4. The zero-order valence-corrected chi connectivity index (χ0v) is 32.2. The van der Waals surface area contributed by atoms with Gasteiger partial charge < -0.3 is 24.4 Å². The number of amides is 2. The van der Waals surface area contributed by atoms with E-state index in [0.29, 0.717) is 54.1 Å². The van der Waals surface area contributed by atoms with Crippen LogP contribution >= 0.6 is 23.2 Å². The second-order valence-electron chi connectivity index (χ2n) is 14.9. The van der Waals surface area contributed by atoms with Gasteiger partial charge in [-0.05, 0) is 116 Å². The summed E-state index contributed by atoms with van der Waals surface area (Å²) in [6, 6.07) is 16.4. The van der Waals surface area contributed by atoms with E-state index in [2.05, 4.69) is 17.0 Å². The van der Waals surface area contributed by atoms with Crippen LogP contribution in [0, 0.1) is 11.8 Å². The molecule has 10 nitrogen and oxygen atoms in total. The van der Waals surface area contributed by atoms with Crippen molar-refractivity contribution in [2.75, 3.05) is 45.3 Å². The first kappa shape index (κ1) is 37.7. The molecule has 0 aromatic heterocycles. The number of ether oxygens (including phenoxy) is 2. The fourth-order valence-electron chi connectivity index (χ4n) is 8.47. The fraction of sp³-hybridized carbons (Fsp3) is 0.450. The molecule has 3 aromatic carbocycles. The van der Waals surface area contributed by atoms with Gasteiger partial charge in [0.1, 0.15) is 5.75 Å². The fourth-order valence-corrected chi connectivity index (χ4v) is 9.82. The number of hydrogen-bond acceptors (Lipinski definition) is 8. The highest BCUT2D eigenvalue weighted by Gasteiger charge is 2.47. The molecule has 2 bridgehead atoms. The van der Waals surface area contributed by atoms with Crippen molar-refractivity contribution in [3.8, 4) is 5.75 Å². The normalized spacial score (nSPS) is 28.2. The molecule has 3 aromatic rings. The molecule has 53 heavy (non-hydrogen) atoms. The van der Waals surface area contributed by atoms with Crippen LogP contribution in [0.3, 0.4) is 0 Å². The number of rotatable bonds is 4. The van der Waals surface area contributed by atoms with Gasteiger partial charge in [0.15, 0.2) is 5.60 Å². The molecule has 13 heteroatoms. The second-order valence-corrected chi connectivity index (χ2v) is 17.5. The summed E-state index contributed by atoms with van der Waals surface area (Å²) in [7, 11) is -1.12. The Balaban J connectivity index is 1.33. The first-order valence-electron chi connectivity index (χ1n) is 18.1. The van der Waals surface area contributed by atoms with E-state index in [4.69, 9.17) is 32.7 Å². The minimum atomic E-state index is -4.45. The Morgan fingerprint density at radius 3 is 2.57 bits per heavy atom. The molecule has 7 rings (SSSR count). The van der Waals surface area contributed by atoms with Crippen molar-refractivity contribution in [3.05, 3.63) is 99.6 Å². The smallest absolute Gasteiger partial charge is 0.270 e. The maximum absolute atomic E-state index is 14.2. The molecule has 0 saturated heterocycles. The zero-order chi connectivity index (χ0) is 37.5. The van der Waals surface area contributed by atoms with Gasteiger partial charge in [-0.1, -0.05) is 47.5 Å². The Morgan fingerprint density at radius 2 is 1.83 bits per heavy atom. The zero-order valence-electron chi connectivity index (χ0n) is 29.9. The average molecular weight is 783 g/mol. The van der Waals surface area contributed by atoms with E-state index in [0.717, 1.165) is 32.1 Å². The predicted molar refractivity (Wildman–Crippen MR) is 204 cm³/mol. The lowest BCUT2D eigenvalue weighted by Gasteiger charge is -2.46. The summed E-state index contributed by atoms with van der Waals surface area (Å²) in [6.07, 6.45) is 8.64. The SMILES string of the molecule is CO[C@H]1/C=C/CCN(C)C(=O)C[C@](O)(C(=O)NS(=O)(=O)c2ccc(Cl)cc2)c2ccc3c(c2)N(C[C@@H]2CC[C@H]21)C[C@@]1(CCCc2cc(Cl)ccc21)CO3. The maximum atomic E-state index is 14.2. The molecule has 0 unspecified atom stereocenters. The van der Waals surface area contributed by atoms with E-state index in [-0.39, 0.29) is 33.8 Å². The lowest BCUT2D eigenvalue weighted by atomic mass is 9.68. The average Bonchev–Trinajstić information content (AvgIpc) is 3.27. The molecule has 1 spiro atoms. The number of hydrogen-bond donors (Lipinski definition) is 2. The molecule has 2 aliphatic heterocycles. The first-order chi connectivity index (χ1) is 25.3. The van der Waals surface area contributed by atoms with Crippen LogP contribution in [0.1, 0.15) is 55.2 Å². The van der Waals surface area contributed by atoms with Gasteiger partial charge in [-0.2, -0.15) is 0 Å². The van der Waals surface area contributed by atoms with E-state index in [1.165, 1.54) is 40.3 Å². The maximum Gasteiger partial charge on any atom is 0.270 e. The number of carbonyl (C=O) groups excluding carboxylic acids is 2. The Morgan fingerprint density at radius 1 is 1.06 bits per heavy atom. The monoisotopic (exact) mass is 781 g/mol. The van der Waals surface area contributed by atoms with Gasteiger partial charge in [0, 0.05) is 49.3 Å². The summed E-state index contributed by atoms with van der Waals surface area (Å²) < 4.78 is 41.6. The minimum Gasteiger partial charge on any atom is -0.490 e. The standard InChI is InChI=1S/C40H45Cl2N3O7S/c1-44-19-4-3-7-35(51-2)32-15-8-27(32)23-45-24-39(18-5-6-26-20-30(42)12-16-33(26)39)25-52-36-17-9-28(21-34(36)45)40(48,22-37(44)46)38(47)43-53(49,50)31-13-10-29(41)11-14-31/h3,7,9-14,16-17,20-21,27,32,35,48H,4-6,8,15,18-19,22-25H2,1-2H3,(H,43,47)/b7-3+/t27-,32+,35-,39-,40+/m0/s1. The molecular formula is C40H45Cl2N3O7S. The Bertz CT molecular complexity index is 2030. The van der Waals surface area contributed by atoms with Gasteiger partial charge >= 0.3 is 0 Å². The van der Waals surface area contributed by atoms with Crippen LogP contribution in [0.2, 0.25) is 10.0 Å². The molecule has 2 heterocycles. The van der Waals surface area contributed by atoms with Gasteiger partial charge in [-0.3, -0.25) is 9.59 Å². The Kier molecular flexibility index (Phi) is 10.6. The minimum absolute atomic E-state index is 0.0779. The van der Waals surface area contributed by atoms with Gasteiger partial charge in [-0.15, -0.1) is 0 Å². The van der Waals surface area contributed by atoms with E-state index < -0.39 is 33.9 Å². The number of halogens is 2. The lowest BCUT2D eigenvalue weighted by molar-refractivity contribution is -0.148. The Labute approximate surface area is 321 Å². The van der Waals surface area contributed by atoms with E-state index >= 15 is 0 Å². The summed E-state index contributed by atoms with van der Waals surface area (Å²) in [5, 5.41) is 13.4. The molecule has 4 aliphatic rings. The van der Waals surface area contributed by atoms with E-state index in [9.17, 15) is 23.1 Å². The lowest BCUT2D eigenvalue weighted by Crippen LogP contribution is -2.50. The van der Waals surface area contributed by atoms with Crippen molar-refractivity contribution in [3.63, 3.8) is 0 Å². The van der Waals surface area contributed by atoms with Crippen molar-refractivity contribution in [1.29, 1.82) is 0 Å². The van der Waals surface area contributed by atoms with Gasteiger partial charge in [-0.25, -0.2) is 13.1 Å².